The molecule has 1 unspecified atom stereocenters. The molecule has 0 saturated carbocycles. The van der Waals surface area contributed by atoms with Crippen LogP contribution in [0.5, 0.6) is 0 Å². The minimum absolute atomic E-state index is 0.118. The Morgan fingerprint density at radius 2 is 2.15 bits per heavy atom. The first-order chi connectivity index (χ1) is 6.13. The lowest BCUT2D eigenvalue weighted by molar-refractivity contribution is -0.120. The number of hydrogen-bond donors (Lipinski definition) is 0. The van der Waals surface area contributed by atoms with Gasteiger partial charge in [-0.25, -0.2) is 0 Å². The number of carbonyl (C=O) groups is 1. The molecule has 1 rings (SSSR count). The van der Waals surface area contributed by atoms with Crippen LogP contribution in [0.3, 0.4) is 0 Å². The van der Waals surface area contributed by atoms with Crippen LogP contribution in [0.1, 0.15) is 33.6 Å². The summed E-state index contributed by atoms with van der Waals surface area (Å²) in [5, 5.41) is 0. The molecule has 0 bridgehead atoms. The van der Waals surface area contributed by atoms with E-state index >= 15 is 0 Å². The summed E-state index contributed by atoms with van der Waals surface area (Å²) in [4.78, 5) is 11.8. The van der Waals surface area contributed by atoms with E-state index in [2.05, 4.69) is 13.8 Å². The Hall–Kier alpha value is -0.790. The lowest BCUT2D eigenvalue weighted by atomic mass is 9.88. The van der Waals surface area contributed by atoms with Gasteiger partial charge in [0.15, 0.2) is 5.78 Å². The van der Waals surface area contributed by atoms with Gasteiger partial charge in [0, 0.05) is 11.5 Å². The summed E-state index contributed by atoms with van der Waals surface area (Å²) in [6.45, 7) is 6.90. The van der Waals surface area contributed by atoms with Crippen LogP contribution >= 0.6 is 0 Å². The first kappa shape index (κ1) is 10.3. The molecule has 74 valence electrons. The van der Waals surface area contributed by atoms with E-state index in [0.717, 1.165) is 25.0 Å². The second kappa shape index (κ2) is 4.45. The Labute approximate surface area is 80.0 Å². The van der Waals surface area contributed by atoms with Crippen molar-refractivity contribution < 1.29 is 9.53 Å². The molecular weight excluding hydrogens is 164 g/mol. The quantitative estimate of drug-likeness (QED) is 0.670. The molecule has 1 aliphatic heterocycles. The predicted molar refractivity (Wildman–Crippen MR) is 52.3 cm³/mol. The van der Waals surface area contributed by atoms with Crippen molar-refractivity contribution in [3.63, 3.8) is 0 Å². The third kappa shape index (κ3) is 2.58. The van der Waals surface area contributed by atoms with Crippen LogP contribution in [0.4, 0.5) is 0 Å². The Morgan fingerprint density at radius 1 is 1.46 bits per heavy atom. The number of Topliss-reactive ketones (excluding diaryl/α,β-unsaturated/α-hetero) is 1. The lowest BCUT2D eigenvalue weighted by Gasteiger charge is -2.18. The molecule has 0 N–H and O–H groups in total. The molecule has 0 radical (unpaired) electrons. The molecule has 2 nitrogen and oxygen atoms in total. The highest BCUT2D eigenvalue weighted by Gasteiger charge is 2.21. The van der Waals surface area contributed by atoms with Crippen LogP contribution in [0.25, 0.3) is 0 Å². The van der Waals surface area contributed by atoms with E-state index in [1.165, 1.54) is 0 Å². The number of hydrogen-bond acceptors (Lipinski definition) is 2. The van der Waals surface area contributed by atoms with Crippen LogP contribution in [-0.2, 0) is 9.53 Å². The Morgan fingerprint density at radius 3 is 2.62 bits per heavy atom. The summed E-state index contributed by atoms with van der Waals surface area (Å²) < 4.78 is 5.15. The van der Waals surface area contributed by atoms with Crippen molar-refractivity contribution in [2.75, 3.05) is 6.61 Å². The van der Waals surface area contributed by atoms with Gasteiger partial charge in [-0.15, -0.1) is 0 Å². The first-order valence-electron chi connectivity index (χ1n) is 4.97. The van der Waals surface area contributed by atoms with Crippen molar-refractivity contribution in [1.82, 2.24) is 0 Å². The number of allylic oxidation sites excluding steroid dienone is 1. The van der Waals surface area contributed by atoms with Gasteiger partial charge < -0.3 is 4.74 Å². The largest absolute Gasteiger partial charge is 0.501 e. The van der Waals surface area contributed by atoms with Crippen molar-refractivity contribution in [2.45, 2.75) is 33.6 Å². The minimum Gasteiger partial charge on any atom is -0.501 e. The van der Waals surface area contributed by atoms with Crippen LogP contribution in [0, 0.1) is 11.8 Å². The Kier molecular flexibility index (Phi) is 3.52. The van der Waals surface area contributed by atoms with Crippen LogP contribution in [-0.4, -0.2) is 12.4 Å². The van der Waals surface area contributed by atoms with E-state index in [-0.39, 0.29) is 11.7 Å². The Bertz CT molecular complexity index is 216. The van der Waals surface area contributed by atoms with Gasteiger partial charge in [-0.1, -0.05) is 20.8 Å². The van der Waals surface area contributed by atoms with Gasteiger partial charge in [0.1, 0.15) is 0 Å². The van der Waals surface area contributed by atoms with Crippen molar-refractivity contribution in [3.8, 4) is 0 Å². The fourth-order valence-electron chi connectivity index (χ4n) is 1.34. The van der Waals surface area contributed by atoms with Gasteiger partial charge in [-0.2, -0.15) is 0 Å². The normalized spacial score (nSPS) is 19.2. The van der Waals surface area contributed by atoms with Crippen molar-refractivity contribution in [1.29, 1.82) is 0 Å². The standard InChI is InChI=1S/C11H18O2/c1-8(2)9(3)11(12)10-5-4-6-13-7-10/h7-9H,4-6H2,1-3H3. The highest BCUT2D eigenvalue weighted by Crippen LogP contribution is 2.20. The van der Waals surface area contributed by atoms with Crippen LogP contribution in [0.2, 0.25) is 0 Å². The molecule has 0 spiro atoms. The summed E-state index contributed by atoms with van der Waals surface area (Å²) in [5.41, 5.74) is 0.868. The first-order valence-corrected chi connectivity index (χ1v) is 4.97. The molecule has 13 heavy (non-hydrogen) atoms. The third-order valence-electron chi connectivity index (χ3n) is 2.66. The molecule has 1 aliphatic rings. The molecule has 2 heteroatoms. The highest BCUT2D eigenvalue weighted by atomic mass is 16.5. The maximum Gasteiger partial charge on any atom is 0.164 e. The SMILES string of the molecule is CC(C)C(C)C(=O)C1=COCCC1. The second-order valence-electron chi connectivity index (χ2n) is 4.01. The smallest absolute Gasteiger partial charge is 0.164 e. The number of carbonyl (C=O) groups excluding carboxylic acids is 1. The zero-order valence-corrected chi connectivity index (χ0v) is 8.67. The van der Waals surface area contributed by atoms with Crippen molar-refractivity contribution >= 4 is 5.78 Å². The Balaban J connectivity index is 2.60. The second-order valence-corrected chi connectivity index (χ2v) is 4.01. The monoisotopic (exact) mass is 182 g/mol. The van der Waals surface area contributed by atoms with E-state index in [1.807, 2.05) is 6.92 Å². The van der Waals surface area contributed by atoms with E-state index in [1.54, 1.807) is 6.26 Å². The average molecular weight is 182 g/mol. The fourth-order valence-corrected chi connectivity index (χ4v) is 1.34. The van der Waals surface area contributed by atoms with E-state index in [4.69, 9.17) is 4.74 Å². The van der Waals surface area contributed by atoms with Crippen LogP contribution in [0.15, 0.2) is 11.8 Å². The van der Waals surface area contributed by atoms with Gasteiger partial charge in [0.2, 0.25) is 0 Å². The molecular formula is C11H18O2. The van der Waals surface area contributed by atoms with Crippen molar-refractivity contribution in [2.24, 2.45) is 11.8 Å². The number of ketones is 1. The summed E-state index contributed by atoms with van der Waals surface area (Å²) in [7, 11) is 0. The maximum atomic E-state index is 11.8. The molecule has 0 saturated heterocycles. The summed E-state index contributed by atoms with van der Waals surface area (Å²) >= 11 is 0. The van der Waals surface area contributed by atoms with E-state index in [0.29, 0.717) is 5.92 Å². The minimum atomic E-state index is 0.118. The number of rotatable bonds is 3. The van der Waals surface area contributed by atoms with E-state index < -0.39 is 0 Å². The van der Waals surface area contributed by atoms with Crippen LogP contribution < -0.4 is 0 Å². The molecule has 1 heterocycles. The zero-order valence-electron chi connectivity index (χ0n) is 8.67. The van der Waals surface area contributed by atoms with E-state index in [9.17, 15) is 4.79 Å². The van der Waals surface area contributed by atoms with Gasteiger partial charge in [0.05, 0.1) is 12.9 Å². The topological polar surface area (TPSA) is 26.3 Å². The molecule has 1 atom stereocenters. The molecule has 0 fully saturated rings. The molecule has 0 aromatic rings. The lowest BCUT2D eigenvalue weighted by Crippen LogP contribution is -2.20. The summed E-state index contributed by atoms with van der Waals surface area (Å²) in [6.07, 6.45) is 3.50. The van der Waals surface area contributed by atoms with Gasteiger partial charge in [0.25, 0.3) is 0 Å². The molecule has 0 aromatic heterocycles. The average Bonchev–Trinajstić information content (AvgIpc) is 2.17. The molecule has 0 amide bonds. The maximum absolute atomic E-state index is 11.8. The summed E-state index contributed by atoms with van der Waals surface area (Å²) in [5.74, 6) is 0.790. The molecule has 0 aromatic carbocycles. The zero-order chi connectivity index (χ0) is 9.84. The fraction of sp³-hybridized carbons (Fsp3) is 0.727. The van der Waals surface area contributed by atoms with Crippen molar-refractivity contribution in [3.05, 3.63) is 11.8 Å². The van der Waals surface area contributed by atoms with Gasteiger partial charge >= 0.3 is 0 Å². The predicted octanol–water partition coefficient (Wildman–Crippen LogP) is 2.54. The van der Waals surface area contributed by atoms with Gasteiger partial charge in [-0.3, -0.25) is 4.79 Å². The highest BCUT2D eigenvalue weighted by molar-refractivity contribution is 5.96. The number of ether oxygens (including phenoxy) is 1. The van der Waals surface area contributed by atoms with Gasteiger partial charge in [-0.05, 0) is 18.8 Å². The third-order valence-corrected chi connectivity index (χ3v) is 2.66. The summed E-state index contributed by atoms with van der Waals surface area (Å²) in [6, 6.07) is 0. The molecule has 0 aliphatic carbocycles.